The fourth-order valence-corrected chi connectivity index (χ4v) is 2.17. The third-order valence-electron chi connectivity index (χ3n) is 3.60. The minimum Gasteiger partial charge on any atom is -0.393 e. The van der Waals surface area contributed by atoms with Crippen molar-refractivity contribution in [2.75, 3.05) is 0 Å². The molecule has 4 nitrogen and oxygen atoms in total. The van der Waals surface area contributed by atoms with Gasteiger partial charge in [-0.15, -0.1) is 0 Å². The van der Waals surface area contributed by atoms with Crippen LogP contribution < -0.4 is 11.1 Å². The van der Waals surface area contributed by atoms with E-state index < -0.39 is 0 Å². The van der Waals surface area contributed by atoms with E-state index in [4.69, 9.17) is 5.73 Å². The summed E-state index contributed by atoms with van der Waals surface area (Å²) in [5.41, 5.74) is 7.06. The van der Waals surface area contributed by atoms with Crippen LogP contribution in [0.15, 0.2) is 30.3 Å². The van der Waals surface area contributed by atoms with E-state index >= 15 is 0 Å². The quantitative estimate of drug-likeness (QED) is 0.743. The summed E-state index contributed by atoms with van der Waals surface area (Å²) in [5, 5.41) is 12.1. The monoisotopic (exact) mass is 248 g/mol. The van der Waals surface area contributed by atoms with Crippen LogP contribution in [-0.4, -0.2) is 23.2 Å². The molecule has 1 aliphatic carbocycles. The van der Waals surface area contributed by atoms with Crippen LogP contribution in [0.3, 0.4) is 0 Å². The molecule has 1 aliphatic rings. The Kier molecular flexibility index (Phi) is 3.99. The molecule has 1 amide bonds. The predicted molar refractivity (Wildman–Crippen MR) is 69.7 cm³/mol. The summed E-state index contributed by atoms with van der Waals surface area (Å²) in [7, 11) is 0. The summed E-state index contributed by atoms with van der Waals surface area (Å²) in [6.45, 7) is 1.84. The molecule has 2 atom stereocenters. The number of aliphatic hydroxyl groups excluding tert-OH is 1. The van der Waals surface area contributed by atoms with Crippen molar-refractivity contribution in [1.82, 2.24) is 5.32 Å². The summed E-state index contributed by atoms with van der Waals surface area (Å²) in [4.78, 5) is 12.0. The van der Waals surface area contributed by atoms with E-state index in [1.807, 2.05) is 37.3 Å². The smallest absolute Gasteiger partial charge is 0.224 e. The highest BCUT2D eigenvalue weighted by Crippen LogP contribution is 2.22. The van der Waals surface area contributed by atoms with Crippen molar-refractivity contribution in [3.05, 3.63) is 35.9 Å². The van der Waals surface area contributed by atoms with Crippen molar-refractivity contribution in [3.8, 4) is 0 Å². The van der Waals surface area contributed by atoms with E-state index in [9.17, 15) is 9.90 Å². The first kappa shape index (κ1) is 13.1. The third-order valence-corrected chi connectivity index (χ3v) is 3.60. The lowest BCUT2D eigenvalue weighted by molar-refractivity contribution is -0.127. The fourth-order valence-electron chi connectivity index (χ4n) is 2.17. The Labute approximate surface area is 107 Å². The molecule has 1 aromatic carbocycles. The molecule has 1 aromatic rings. The molecule has 1 fully saturated rings. The van der Waals surface area contributed by atoms with Gasteiger partial charge in [-0.3, -0.25) is 4.79 Å². The van der Waals surface area contributed by atoms with Gasteiger partial charge in [0.25, 0.3) is 0 Å². The van der Waals surface area contributed by atoms with Gasteiger partial charge in [-0.2, -0.15) is 0 Å². The van der Waals surface area contributed by atoms with Crippen LogP contribution >= 0.6 is 0 Å². The molecule has 2 unspecified atom stereocenters. The number of nitrogens with two attached hydrogens (primary N) is 1. The summed E-state index contributed by atoms with van der Waals surface area (Å²) < 4.78 is 0. The van der Waals surface area contributed by atoms with E-state index in [-0.39, 0.29) is 30.0 Å². The van der Waals surface area contributed by atoms with Gasteiger partial charge in [0.15, 0.2) is 0 Å². The number of hydrogen-bond acceptors (Lipinski definition) is 3. The first-order valence-electron chi connectivity index (χ1n) is 6.37. The molecular formula is C14H20N2O2. The van der Waals surface area contributed by atoms with Crippen LogP contribution in [0.25, 0.3) is 0 Å². The highest BCUT2D eigenvalue weighted by molar-refractivity contribution is 5.79. The molecule has 4 N–H and O–H groups in total. The second kappa shape index (κ2) is 5.50. The standard InChI is InChI=1S/C14H20N2O2/c1-9(13(15)10-5-3-2-4-6-10)14(18)16-11-7-12(17)8-11/h2-6,9,11-13,17H,7-8,15H2,1H3,(H,16,18). The molecular weight excluding hydrogens is 228 g/mol. The molecule has 18 heavy (non-hydrogen) atoms. The van der Waals surface area contributed by atoms with Gasteiger partial charge >= 0.3 is 0 Å². The van der Waals surface area contributed by atoms with Crippen LogP contribution in [-0.2, 0) is 4.79 Å². The number of nitrogens with one attached hydrogen (secondary N) is 1. The fraction of sp³-hybridized carbons (Fsp3) is 0.500. The summed E-state index contributed by atoms with van der Waals surface area (Å²) in [6.07, 6.45) is 1.05. The average Bonchev–Trinajstić information content (AvgIpc) is 2.36. The summed E-state index contributed by atoms with van der Waals surface area (Å²) in [5.74, 6) is -0.312. The minimum absolute atomic E-state index is 0.0387. The topological polar surface area (TPSA) is 75.3 Å². The van der Waals surface area contributed by atoms with E-state index in [0.717, 1.165) is 5.56 Å². The zero-order valence-corrected chi connectivity index (χ0v) is 10.5. The first-order chi connectivity index (χ1) is 8.58. The van der Waals surface area contributed by atoms with Gasteiger partial charge in [-0.25, -0.2) is 0 Å². The van der Waals surface area contributed by atoms with Gasteiger partial charge in [0.1, 0.15) is 0 Å². The molecule has 0 spiro atoms. The first-order valence-corrected chi connectivity index (χ1v) is 6.37. The van der Waals surface area contributed by atoms with E-state index in [1.54, 1.807) is 0 Å². The SMILES string of the molecule is CC(C(=O)NC1CC(O)C1)C(N)c1ccccc1. The molecule has 0 radical (unpaired) electrons. The van der Waals surface area contributed by atoms with Crippen molar-refractivity contribution < 1.29 is 9.90 Å². The van der Waals surface area contributed by atoms with Gasteiger partial charge in [0, 0.05) is 12.1 Å². The lowest BCUT2D eigenvalue weighted by Crippen LogP contribution is -2.49. The Balaban J connectivity index is 1.90. The van der Waals surface area contributed by atoms with Crippen molar-refractivity contribution in [2.45, 2.75) is 38.0 Å². The number of rotatable bonds is 4. The maximum atomic E-state index is 12.0. The zero-order valence-electron chi connectivity index (χ0n) is 10.5. The second-order valence-corrected chi connectivity index (χ2v) is 5.06. The Morgan fingerprint density at radius 3 is 2.56 bits per heavy atom. The maximum absolute atomic E-state index is 12.0. The van der Waals surface area contributed by atoms with E-state index in [0.29, 0.717) is 12.8 Å². The molecule has 0 saturated heterocycles. The molecule has 4 heteroatoms. The zero-order chi connectivity index (χ0) is 13.1. The minimum atomic E-state index is -0.295. The second-order valence-electron chi connectivity index (χ2n) is 5.06. The lowest BCUT2D eigenvalue weighted by atomic mass is 9.88. The summed E-state index contributed by atoms with van der Waals surface area (Å²) >= 11 is 0. The molecule has 98 valence electrons. The largest absolute Gasteiger partial charge is 0.393 e. The molecule has 2 rings (SSSR count). The normalized spacial score (nSPS) is 25.9. The van der Waals surface area contributed by atoms with Gasteiger partial charge in [-0.05, 0) is 18.4 Å². The van der Waals surface area contributed by atoms with Crippen LogP contribution in [0, 0.1) is 5.92 Å². The number of aliphatic hydroxyl groups is 1. The van der Waals surface area contributed by atoms with Crippen molar-refractivity contribution in [2.24, 2.45) is 11.7 Å². The molecule has 0 aliphatic heterocycles. The van der Waals surface area contributed by atoms with Gasteiger partial charge in [0.05, 0.1) is 12.0 Å². The number of carbonyl (C=O) groups is 1. The number of amides is 1. The van der Waals surface area contributed by atoms with Gasteiger partial charge in [0.2, 0.25) is 5.91 Å². The van der Waals surface area contributed by atoms with Crippen molar-refractivity contribution in [1.29, 1.82) is 0 Å². The number of benzene rings is 1. The lowest BCUT2D eigenvalue weighted by Gasteiger charge is -2.33. The van der Waals surface area contributed by atoms with Crippen LogP contribution in [0.2, 0.25) is 0 Å². The Morgan fingerprint density at radius 2 is 2.00 bits per heavy atom. The van der Waals surface area contributed by atoms with Gasteiger partial charge in [-0.1, -0.05) is 37.3 Å². The maximum Gasteiger partial charge on any atom is 0.224 e. The Morgan fingerprint density at radius 1 is 1.39 bits per heavy atom. The van der Waals surface area contributed by atoms with Gasteiger partial charge < -0.3 is 16.2 Å². The molecule has 0 bridgehead atoms. The van der Waals surface area contributed by atoms with Crippen LogP contribution in [0.4, 0.5) is 0 Å². The van der Waals surface area contributed by atoms with E-state index in [1.165, 1.54) is 0 Å². The third kappa shape index (κ3) is 2.89. The van der Waals surface area contributed by atoms with Crippen LogP contribution in [0.5, 0.6) is 0 Å². The highest BCUT2D eigenvalue weighted by atomic mass is 16.3. The predicted octanol–water partition coefficient (Wildman–Crippen LogP) is 0.962. The Hall–Kier alpha value is -1.39. The van der Waals surface area contributed by atoms with Crippen LogP contribution in [0.1, 0.15) is 31.4 Å². The average molecular weight is 248 g/mol. The van der Waals surface area contributed by atoms with Crippen molar-refractivity contribution in [3.63, 3.8) is 0 Å². The van der Waals surface area contributed by atoms with E-state index in [2.05, 4.69) is 5.32 Å². The number of hydrogen-bond donors (Lipinski definition) is 3. The summed E-state index contributed by atoms with van der Waals surface area (Å²) in [6, 6.07) is 9.44. The molecule has 0 heterocycles. The Bertz CT molecular complexity index is 402. The number of carbonyl (C=O) groups excluding carboxylic acids is 1. The highest BCUT2D eigenvalue weighted by Gasteiger charge is 2.31. The molecule has 1 saturated carbocycles. The van der Waals surface area contributed by atoms with Crippen molar-refractivity contribution >= 4 is 5.91 Å². The molecule has 0 aromatic heterocycles.